The van der Waals surface area contributed by atoms with E-state index in [1.807, 2.05) is 6.92 Å². The molecule has 3 N–H and O–H groups in total. The molecule has 2 atom stereocenters. The first-order valence-corrected chi connectivity index (χ1v) is 10.9. The summed E-state index contributed by atoms with van der Waals surface area (Å²) in [5, 5.41) is 7.49. The molecule has 6 nitrogen and oxygen atoms in total. The third kappa shape index (κ3) is 5.53. The molecule has 31 heavy (non-hydrogen) atoms. The molecule has 0 aliphatic heterocycles. The minimum absolute atomic E-state index is 0.0433. The highest BCUT2D eigenvalue weighted by molar-refractivity contribution is 6.30. The van der Waals surface area contributed by atoms with Crippen molar-refractivity contribution in [3.8, 4) is 0 Å². The van der Waals surface area contributed by atoms with Crippen LogP contribution in [0.1, 0.15) is 57.1 Å². The first-order valence-electron chi connectivity index (χ1n) is 10.5. The van der Waals surface area contributed by atoms with E-state index in [-0.39, 0.29) is 34.2 Å². The summed E-state index contributed by atoms with van der Waals surface area (Å²) in [6.07, 6.45) is 4.64. The number of carbonyl (C=O) groups is 3. The summed E-state index contributed by atoms with van der Waals surface area (Å²) in [7, 11) is 3.07. The van der Waals surface area contributed by atoms with Crippen molar-refractivity contribution in [1.29, 1.82) is 0 Å². The van der Waals surface area contributed by atoms with E-state index in [1.165, 1.54) is 13.1 Å². The molecule has 0 radical (unpaired) electrons. The van der Waals surface area contributed by atoms with Crippen molar-refractivity contribution in [3.05, 3.63) is 34.4 Å². The average molecular weight is 458 g/mol. The van der Waals surface area contributed by atoms with E-state index in [2.05, 4.69) is 16.0 Å². The van der Waals surface area contributed by atoms with Gasteiger partial charge in [0.25, 0.3) is 0 Å². The summed E-state index contributed by atoms with van der Waals surface area (Å²) in [5.41, 5.74) is -0.496. The van der Waals surface area contributed by atoms with Gasteiger partial charge < -0.3 is 16.0 Å². The number of fused-ring (bicyclic) bond motifs is 1. The standard InChI is InChI=1S/C20H25ClF2N2O2.C2H5NO/c1-3-12(8-15(26)24-2)19(27)25-18(20-7-6-11(9-20)10-20)16-14(22)5-4-13(21)17(16)23;1-3-2-4/h4-5,11-12,18H,3,6-10H2,1-2H3,(H,24,26)(H,25,27);2H,1H3,(H,3,4)/t11?,12-,18?,20?;/m1./s1. The third-order valence-electron chi connectivity index (χ3n) is 6.40. The Morgan fingerprint density at radius 3 is 2.42 bits per heavy atom. The Labute approximate surface area is 186 Å². The fraction of sp³-hybridized carbons (Fsp3) is 0.591. The molecule has 1 unspecified atom stereocenters. The lowest BCUT2D eigenvalue weighted by Crippen LogP contribution is -2.47. The lowest BCUT2D eigenvalue weighted by atomic mass is 9.63. The minimum atomic E-state index is -0.814. The molecule has 3 fully saturated rings. The van der Waals surface area contributed by atoms with Crippen LogP contribution in [0.3, 0.4) is 0 Å². The Balaban J connectivity index is 0.000000785. The molecular weight excluding hydrogens is 428 g/mol. The maximum absolute atomic E-state index is 14.8. The smallest absolute Gasteiger partial charge is 0.224 e. The van der Waals surface area contributed by atoms with Crippen LogP contribution in [0.15, 0.2) is 12.1 Å². The zero-order valence-corrected chi connectivity index (χ0v) is 18.8. The van der Waals surface area contributed by atoms with E-state index in [1.54, 1.807) is 7.05 Å². The molecule has 1 aromatic carbocycles. The van der Waals surface area contributed by atoms with Crippen molar-refractivity contribution in [2.45, 2.75) is 51.5 Å². The van der Waals surface area contributed by atoms with Crippen LogP contribution in [0.25, 0.3) is 0 Å². The van der Waals surface area contributed by atoms with Gasteiger partial charge in [-0.2, -0.15) is 0 Å². The number of amides is 3. The number of hydrogen-bond acceptors (Lipinski definition) is 3. The Kier molecular flexibility index (Phi) is 8.79. The molecule has 0 aromatic heterocycles. The minimum Gasteiger partial charge on any atom is -0.362 e. The van der Waals surface area contributed by atoms with Crippen LogP contribution in [0.2, 0.25) is 5.02 Å². The molecule has 3 aliphatic carbocycles. The molecule has 172 valence electrons. The van der Waals surface area contributed by atoms with Crippen molar-refractivity contribution < 1.29 is 23.2 Å². The maximum Gasteiger partial charge on any atom is 0.224 e. The zero-order chi connectivity index (χ0) is 23.2. The van der Waals surface area contributed by atoms with Gasteiger partial charge in [-0.05, 0) is 55.6 Å². The van der Waals surface area contributed by atoms with Gasteiger partial charge >= 0.3 is 0 Å². The summed E-state index contributed by atoms with van der Waals surface area (Å²) < 4.78 is 29.4. The first-order chi connectivity index (χ1) is 14.7. The van der Waals surface area contributed by atoms with Gasteiger partial charge in [0.2, 0.25) is 18.2 Å². The number of carbonyl (C=O) groups excluding carboxylic acids is 3. The molecular formula is C22H30ClF2N3O3. The van der Waals surface area contributed by atoms with Crippen LogP contribution in [0.5, 0.6) is 0 Å². The molecule has 0 saturated heterocycles. The Morgan fingerprint density at radius 2 is 1.94 bits per heavy atom. The molecule has 3 saturated carbocycles. The molecule has 1 aromatic rings. The van der Waals surface area contributed by atoms with Gasteiger partial charge in [-0.1, -0.05) is 18.5 Å². The largest absolute Gasteiger partial charge is 0.362 e. The molecule has 2 bridgehead atoms. The SMILES string of the molecule is CC[C@H](CC(=O)NC)C(=O)NC(c1c(F)ccc(Cl)c1F)C12CCC(C1)C2.CNC=O. The highest BCUT2D eigenvalue weighted by Gasteiger charge is 2.56. The molecule has 3 amide bonds. The van der Waals surface area contributed by atoms with Gasteiger partial charge in [0, 0.05) is 32.0 Å². The highest BCUT2D eigenvalue weighted by atomic mass is 35.5. The van der Waals surface area contributed by atoms with Gasteiger partial charge in [0.05, 0.1) is 11.1 Å². The maximum atomic E-state index is 14.8. The fourth-order valence-electron chi connectivity index (χ4n) is 4.72. The van der Waals surface area contributed by atoms with Crippen molar-refractivity contribution >= 4 is 29.8 Å². The van der Waals surface area contributed by atoms with Crippen LogP contribution in [0, 0.1) is 28.9 Å². The fourth-order valence-corrected chi connectivity index (χ4v) is 4.88. The molecule has 4 rings (SSSR count). The number of halogens is 3. The molecule has 0 spiro atoms. The van der Waals surface area contributed by atoms with Gasteiger partial charge in [-0.25, -0.2) is 8.78 Å². The van der Waals surface area contributed by atoms with Crippen LogP contribution >= 0.6 is 11.6 Å². The van der Waals surface area contributed by atoms with Gasteiger partial charge in [0.1, 0.15) is 11.6 Å². The lowest BCUT2D eigenvalue weighted by molar-refractivity contribution is -0.132. The van der Waals surface area contributed by atoms with Gasteiger partial charge in [0.15, 0.2) is 0 Å². The lowest BCUT2D eigenvalue weighted by Gasteiger charge is -2.45. The summed E-state index contributed by atoms with van der Waals surface area (Å²) in [4.78, 5) is 33.6. The van der Waals surface area contributed by atoms with E-state index in [9.17, 15) is 18.4 Å². The van der Waals surface area contributed by atoms with Crippen LogP contribution in [0.4, 0.5) is 8.78 Å². The Bertz CT molecular complexity index is 810. The number of nitrogens with one attached hydrogen (secondary N) is 3. The van der Waals surface area contributed by atoms with Crippen LogP contribution in [-0.4, -0.2) is 32.3 Å². The quantitative estimate of drug-likeness (QED) is 0.412. The molecule has 9 heteroatoms. The van der Waals surface area contributed by atoms with Gasteiger partial charge in [-0.15, -0.1) is 0 Å². The van der Waals surface area contributed by atoms with Crippen molar-refractivity contribution in [3.63, 3.8) is 0 Å². The van der Waals surface area contributed by atoms with Crippen molar-refractivity contribution in [1.82, 2.24) is 16.0 Å². The molecule has 3 aliphatic rings. The predicted molar refractivity (Wildman–Crippen MR) is 114 cm³/mol. The Morgan fingerprint density at radius 1 is 1.29 bits per heavy atom. The van der Waals surface area contributed by atoms with E-state index in [0.717, 1.165) is 31.7 Å². The Hall–Kier alpha value is -2.22. The number of benzene rings is 1. The number of rotatable bonds is 8. The van der Waals surface area contributed by atoms with Crippen molar-refractivity contribution in [2.24, 2.45) is 17.3 Å². The summed E-state index contributed by atoms with van der Waals surface area (Å²) >= 11 is 5.90. The molecule has 0 heterocycles. The monoisotopic (exact) mass is 457 g/mol. The van der Waals surface area contributed by atoms with Crippen molar-refractivity contribution in [2.75, 3.05) is 14.1 Å². The normalized spacial score (nSPS) is 22.8. The number of hydrogen-bond donors (Lipinski definition) is 3. The average Bonchev–Trinajstić information content (AvgIpc) is 3.36. The summed E-state index contributed by atoms with van der Waals surface area (Å²) in [5.74, 6) is -2.10. The predicted octanol–water partition coefficient (Wildman–Crippen LogP) is 3.49. The van der Waals surface area contributed by atoms with Gasteiger partial charge in [-0.3, -0.25) is 14.4 Å². The van der Waals surface area contributed by atoms with E-state index < -0.39 is 23.6 Å². The highest BCUT2D eigenvalue weighted by Crippen LogP contribution is 2.64. The third-order valence-corrected chi connectivity index (χ3v) is 6.69. The van der Waals surface area contributed by atoms with E-state index in [0.29, 0.717) is 18.7 Å². The van der Waals surface area contributed by atoms with Crippen LogP contribution in [-0.2, 0) is 14.4 Å². The van der Waals surface area contributed by atoms with E-state index in [4.69, 9.17) is 16.4 Å². The van der Waals surface area contributed by atoms with Crippen LogP contribution < -0.4 is 16.0 Å². The topological polar surface area (TPSA) is 87.3 Å². The van der Waals surface area contributed by atoms with E-state index >= 15 is 0 Å². The summed E-state index contributed by atoms with van der Waals surface area (Å²) in [6, 6.07) is 1.55. The first kappa shape index (κ1) is 25.0. The second-order valence-electron chi connectivity index (χ2n) is 8.26. The second-order valence-corrected chi connectivity index (χ2v) is 8.67. The zero-order valence-electron chi connectivity index (χ0n) is 18.1. The summed E-state index contributed by atoms with van der Waals surface area (Å²) in [6.45, 7) is 1.82. The second kappa shape index (κ2) is 10.9.